The van der Waals surface area contributed by atoms with Crippen LogP contribution in [0, 0.1) is 6.92 Å². The Morgan fingerprint density at radius 2 is 1.76 bits per heavy atom. The van der Waals surface area contributed by atoms with E-state index < -0.39 is 22.0 Å². The second-order valence-electron chi connectivity index (χ2n) is 7.76. The number of nitrogens with zero attached hydrogens (tertiary/aromatic N) is 1. The van der Waals surface area contributed by atoms with Crippen LogP contribution in [0.15, 0.2) is 83.8 Å². The summed E-state index contributed by atoms with van der Waals surface area (Å²) in [6.45, 7) is 2.83. The van der Waals surface area contributed by atoms with E-state index in [1.54, 1.807) is 30.3 Å². The van der Waals surface area contributed by atoms with Crippen LogP contribution in [0.5, 0.6) is 5.75 Å². The molecule has 1 aliphatic heterocycles. The lowest BCUT2D eigenvalue weighted by Crippen LogP contribution is -2.51. The Bertz CT molecular complexity index is 1200. The molecular weight excluding hydrogens is 440 g/mol. The molecule has 0 fully saturated rings. The molecular formula is C25H26N2O5S. The first kappa shape index (κ1) is 22.8. The second-order valence-corrected chi connectivity index (χ2v) is 9.62. The van der Waals surface area contributed by atoms with Crippen LogP contribution in [0.25, 0.3) is 0 Å². The van der Waals surface area contributed by atoms with Crippen LogP contribution in [-0.4, -0.2) is 40.1 Å². The highest BCUT2D eigenvalue weighted by Gasteiger charge is 2.37. The molecule has 0 aliphatic carbocycles. The van der Waals surface area contributed by atoms with Crippen molar-refractivity contribution in [3.63, 3.8) is 0 Å². The lowest BCUT2D eigenvalue weighted by molar-refractivity contribution is -0.128. The van der Waals surface area contributed by atoms with Crippen molar-refractivity contribution in [1.82, 2.24) is 5.32 Å². The summed E-state index contributed by atoms with van der Waals surface area (Å²) in [7, 11) is -3.87. The summed E-state index contributed by atoms with van der Waals surface area (Å²) in [5.41, 5.74) is 2.37. The van der Waals surface area contributed by atoms with Gasteiger partial charge in [-0.3, -0.25) is 9.10 Å². The zero-order valence-corrected chi connectivity index (χ0v) is 19.1. The summed E-state index contributed by atoms with van der Waals surface area (Å²) in [5.74, 6) is -0.0278. The molecule has 0 spiro atoms. The number of nitrogens with one attached hydrogen (secondary N) is 1. The fraction of sp³-hybridized carbons (Fsp3) is 0.240. The lowest BCUT2D eigenvalue weighted by Gasteiger charge is -2.35. The van der Waals surface area contributed by atoms with Gasteiger partial charge in [-0.2, -0.15) is 0 Å². The summed E-state index contributed by atoms with van der Waals surface area (Å²) in [4.78, 5) is 13.0. The molecule has 3 aromatic carbocycles. The number of amides is 1. The number of carbonyl (C=O) groups is 1. The molecule has 1 heterocycles. The number of ether oxygens (including phenoxy) is 2. The van der Waals surface area contributed by atoms with Crippen LogP contribution in [0.4, 0.5) is 5.69 Å². The number of fused-ring (bicyclic) bond motifs is 1. The van der Waals surface area contributed by atoms with Gasteiger partial charge in [-0.1, -0.05) is 54.6 Å². The Kier molecular flexibility index (Phi) is 6.96. The molecule has 1 amide bonds. The van der Waals surface area contributed by atoms with Crippen molar-refractivity contribution in [3.8, 4) is 5.75 Å². The number of carbonyl (C=O) groups excluding carboxylic acids is 1. The molecule has 1 N–H and O–H groups in total. The van der Waals surface area contributed by atoms with Gasteiger partial charge in [0.05, 0.1) is 30.3 Å². The molecule has 0 unspecified atom stereocenters. The Morgan fingerprint density at radius 3 is 2.48 bits per heavy atom. The fourth-order valence-corrected chi connectivity index (χ4v) is 5.07. The summed E-state index contributed by atoms with van der Waals surface area (Å²) >= 11 is 0. The lowest BCUT2D eigenvalue weighted by atomic mass is 10.1. The predicted octanol–water partition coefficient (Wildman–Crippen LogP) is 3.28. The van der Waals surface area contributed by atoms with Gasteiger partial charge < -0.3 is 14.8 Å². The van der Waals surface area contributed by atoms with Crippen molar-refractivity contribution in [3.05, 3.63) is 90.0 Å². The van der Waals surface area contributed by atoms with Crippen LogP contribution in [0.3, 0.4) is 0 Å². The Labute approximate surface area is 194 Å². The number of aryl methyl sites for hydroxylation is 1. The van der Waals surface area contributed by atoms with Crippen molar-refractivity contribution < 1.29 is 22.7 Å². The van der Waals surface area contributed by atoms with E-state index in [1.165, 1.54) is 16.4 Å². The van der Waals surface area contributed by atoms with Gasteiger partial charge in [0.1, 0.15) is 5.75 Å². The third kappa shape index (κ3) is 5.35. The summed E-state index contributed by atoms with van der Waals surface area (Å²) in [6.07, 6.45) is -0.980. The highest BCUT2D eigenvalue weighted by Crippen LogP contribution is 2.37. The summed E-state index contributed by atoms with van der Waals surface area (Å²) in [5, 5.41) is 2.79. The topological polar surface area (TPSA) is 84.9 Å². The maximum atomic E-state index is 13.4. The second kappa shape index (κ2) is 10.1. The molecule has 0 saturated heterocycles. The molecule has 1 atom stereocenters. The number of sulfonamides is 1. The van der Waals surface area contributed by atoms with Gasteiger partial charge in [0, 0.05) is 6.54 Å². The predicted molar refractivity (Wildman–Crippen MR) is 126 cm³/mol. The summed E-state index contributed by atoms with van der Waals surface area (Å²) < 4.78 is 39.5. The standard InChI is InChI=1S/C25H26N2O5S/c1-19-12-13-22-23(16-19)32-24(17-27(22)33(29,30)21-10-6-3-7-11-21)25(28)26-14-15-31-18-20-8-4-2-5-9-20/h2-13,16,24H,14-15,17-18H2,1H3,(H,26,28)/t24-/m1/s1. The molecule has 4 rings (SSSR count). The Balaban J connectivity index is 1.44. The molecule has 8 heteroatoms. The van der Waals surface area contributed by atoms with E-state index in [0.29, 0.717) is 24.7 Å². The smallest absolute Gasteiger partial charge is 0.264 e. The molecule has 0 saturated carbocycles. The van der Waals surface area contributed by atoms with Crippen LogP contribution >= 0.6 is 0 Å². The third-order valence-corrected chi connectivity index (χ3v) is 7.06. The van der Waals surface area contributed by atoms with E-state index in [9.17, 15) is 13.2 Å². The summed E-state index contributed by atoms with van der Waals surface area (Å²) in [6, 6.07) is 23.2. The van der Waals surface area contributed by atoms with Crippen LogP contribution in [-0.2, 0) is 26.2 Å². The van der Waals surface area contributed by atoms with Crippen LogP contribution < -0.4 is 14.4 Å². The molecule has 0 radical (unpaired) electrons. The van der Waals surface area contributed by atoms with Gasteiger partial charge in [0.2, 0.25) is 0 Å². The first-order valence-corrected chi connectivity index (χ1v) is 12.1. The molecule has 1 aliphatic rings. The van der Waals surface area contributed by atoms with Crippen molar-refractivity contribution in [2.45, 2.75) is 24.5 Å². The number of hydrogen-bond acceptors (Lipinski definition) is 5. The van der Waals surface area contributed by atoms with E-state index in [0.717, 1.165) is 11.1 Å². The molecule has 33 heavy (non-hydrogen) atoms. The molecule has 0 aromatic heterocycles. The highest BCUT2D eigenvalue weighted by molar-refractivity contribution is 7.92. The van der Waals surface area contributed by atoms with Crippen molar-refractivity contribution in [1.29, 1.82) is 0 Å². The number of anilines is 1. The maximum absolute atomic E-state index is 13.4. The van der Waals surface area contributed by atoms with Crippen molar-refractivity contribution in [2.75, 3.05) is 24.0 Å². The first-order valence-electron chi connectivity index (χ1n) is 10.7. The van der Waals surface area contributed by atoms with Crippen LogP contribution in [0.2, 0.25) is 0 Å². The average Bonchev–Trinajstić information content (AvgIpc) is 2.84. The van der Waals surface area contributed by atoms with Gasteiger partial charge in [0.15, 0.2) is 6.10 Å². The highest BCUT2D eigenvalue weighted by atomic mass is 32.2. The van der Waals surface area contributed by atoms with Gasteiger partial charge >= 0.3 is 0 Å². The number of benzene rings is 3. The quantitative estimate of drug-likeness (QED) is 0.515. The fourth-order valence-electron chi connectivity index (χ4n) is 3.57. The van der Waals surface area contributed by atoms with Crippen molar-refractivity contribution >= 4 is 21.6 Å². The normalized spacial score (nSPS) is 15.4. The minimum Gasteiger partial charge on any atom is -0.476 e. The molecule has 7 nitrogen and oxygen atoms in total. The zero-order chi connectivity index (χ0) is 23.3. The van der Waals surface area contributed by atoms with E-state index in [-0.39, 0.29) is 18.0 Å². The number of hydrogen-bond donors (Lipinski definition) is 1. The van der Waals surface area contributed by atoms with Crippen molar-refractivity contribution in [2.24, 2.45) is 0 Å². The Hall–Kier alpha value is -3.36. The third-order valence-electron chi connectivity index (χ3n) is 5.27. The minimum atomic E-state index is -3.87. The molecule has 172 valence electrons. The number of rotatable bonds is 8. The Morgan fingerprint density at radius 1 is 1.06 bits per heavy atom. The largest absolute Gasteiger partial charge is 0.476 e. The molecule has 0 bridgehead atoms. The minimum absolute atomic E-state index is 0.121. The SMILES string of the molecule is Cc1ccc2c(c1)O[C@@H](C(=O)NCCOCc1ccccc1)CN2S(=O)(=O)c1ccccc1. The molecule has 3 aromatic rings. The maximum Gasteiger partial charge on any atom is 0.264 e. The van der Waals surface area contributed by atoms with E-state index in [4.69, 9.17) is 9.47 Å². The van der Waals surface area contributed by atoms with E-state index in [1.807, 2.05) is 43.3 Å². The zero-order valence-electron chi connectivity index (χ0n) is 18.3. The van der Waals surface area contributed by atoms with Gasteiger partial charge in [-0.15, -0.1) is 0 Å². The average molecular weight is 467 g/mol. The van der Waals surface area contributed by atoms with Crippen LogP contribution in [0.1, 0.15) is 11.1 Å². The van der Waals surface area contributed by atoms with E-state index in [2.05, 4.69) is 5.32 Å². The van der Waals surface area contributed by atoms with Gasteiger partial charge in [-0.05, 0) is 42.3 Å². The van der Waals surface area contributed by atoms with E-state index >= 15 is 0 Å². The first-order chi connectivity index (χ1) is 15.9. The van der Waals surface area contributed by atoms with Gasteiger partial charge in [0.25, 0.3) is 15.9 Å². The monoisotopic (exact) mass is 466 g/mol. The van der Waals surface area contributed by atoms with Gasteiger partial charge in [-0.25, -0.2) is 8.42 Å².